The Bertz CT molecular complexity index is 205. The third-order valence-corrected chi connectivity index (χ3v) is 2.70. The summed E-state index contributed by atoms with van der Waals surface area (Å²) in [6.07, 6.45) is 3.99. The zero-order valence-corrected chi connectivity index (χ0v) is 9.74. The number of nitrogens with zero attached hydrogens (tertiary/aromatic N) is 1. The molecule has 0 aromatic carbocycles. The van der Waals surface area contributed by atoms with Crippen molar-refractivity contribution < 1.29 is 9.53 Å². The molecule has 88 valence electrons. The van der Waals surface area contributed by atoms with Crippen LogP contribution in [0.3, 0.4) is 0 Å². The molecule has 1 aliphatic rings. The molecule has 2 N–H and O–H groups in total. The average molecular weight is 214 g/mol. The minimum Gasteiger partial charge on any atom is -0.447 e. The van der Waals surface area contributed by atoms with Gasteiger partial charge in [-0.2, -0.15) is 0 Å². The van der Waals surface area contributed by atoms with Crippen molar-refractivity contribution in [1.82, 2.24) is 4.90 Å². The highest BCUT2D eigenvalue weighted by Crippen LogP contribution is 2.20. The van der Waals surface area contributed by atoms with E-state index in [-0.39, 0.29) is 18.2 Å². The van der Waals surface area contributed by atoms with E-state index in [1.54, 1.807) is 0 Å². The molecule has 0 aromatic heterocycles. The Morgan fingerprint density at radius 3 is 2.87 bits per heavy atom. The van der Waals surface area contributed by atoms with Crippen molar-refractivity contribution in [3.8, 4) is 0 Å². The second kappa shape index (κ2) is 5.95. The van der Waals surface area contributed by atoms with E-state index in [1.807, 2.05) is 18.7 Å². The van der Waals surface area contributed by atoms with Gasteiger partial charge in [-0.25, -0.2) is 4.79 Å². The highest BCUT2D eigenvalue weighted by atomic mass is 16.6. The van der Waals surface area contributed by atoms with Crippen molar-refractivity contribution in [1.29, 1.82) is 0 Å². The lowest BCUT2D eigenvalue weighted by Gasteiger charge is -2.35. The summed E-state index contributed by atoms with van der Waals surface area (Å²) in [6.45, 7) is 5.20. The highest BCUT2D eigenvalue weighted by Gasteiger charge is 2.27. The number of carbonyl (C=O) groups excluding carboxylic acids is 1. The summed E-state index contributed by atoms with van der Waals surface area (Å²) >= 11 is 0. The van der Waals surface area contributed by atoms with Gasteiger partial charge in [0.15, 0.2) is 0 Å². The van der Waals surface area contributed by atoms with Gasteiger partial charge >= 0.3 is 6.09 Å². The van der Waals surface area contributed by atoms with Crippen LogP contribution in [0.25, 0.3) is 0 Å². The fraction of sp³-hybridized carbons (Fsp3) is 0.909. The van der Waals surface area contributed by atoms with Gasteiger partial charge in [0.05, 0.1) is 6.10 Å². The zero-order chi connectivity index (χ0) is 11.3. The minimum atomic E-state index is -0.178. The quantitative estimate of drug-likeness (QED) is 0.778. The molecule has 4 nitrogen and oxygen atoms in total. The van der Waals surface area contributed by atoms with Crippen molar-refractivity contribution in [2.24, 2.45) is 5.73 Å². The van der Waals surface area contributed by atoms with Crippen molar-refractivity contribution >= 4 is 6.09 Å². The molecule has 1 amide bonds. The normalized spacial score (nSPS) is 21.9. The highest BCUT2D eigenvalue weighted by molar-refractivity contribution is 5.68. The maximum atomic E-state index is 11.8. The first-order valence-corrected chi connectivity index (χ1v) is 5.82. The van der Waals surface area contributed by atoms with E-state index in [0.29, 0.717) is 6.54 Å². The maximum absolute atomic E-state index is 11.8. The van der Waals surface area contributed by atoms with Crippen LogP contribution in [0.4, 0.5) is 4.79 Å². The lowest BCUT2D eigenvalue weighted by Crippen LogP contribution is -2.45. The van der Waals surface area contributed by atoms with Crippen LogP contribution in [0.2, 0.25) is 0 Å². The first kappa shape index (κ1) is 12.3. The molecule has 1 aliphatic heterocycles. The Morgan fingerprint density at radius 1 is 1.53 bits per heavy atom. The Hall–Kier alpha value is -0.770. The summed E-state index contributed by atoms with van der Waals surface area (Å²) in [7, 11) is 0. The van der Waals surface area contributed by atoms with Crippen LogP contribution < -0.4 is 5.73 Å². The van der Waals surface area contributed by atoms with Crippen LogP contribution in [0.1, 0.15) is 39.5 Å². The minimum absolute atomic E-state index is 0.0436. The van der Waals surface area contributed by atoms with Crippen LogP contribution in [-0.4, -0.2) is 36.2 Å². The number of nitrogens with two attached hydrogens (primary N) is 1. The lowest BCUT2D eigenvalue weighted by molar-refractivity contribution is 0.0517. The standard InChI is InChI=1S/C11H22N2O2/c1-9(2)15-11(14)13-8-4-3-5-10(13)6-7-12/h9-10H,3-8,12H2,1-2H3. The number of hydrogen-bond donors (Lipinski definition) is 1. The Kier molecular flexibility index (Phi) is 4.88. The number of amides is 1. The van der Waals surface area contributed by atoms with E-state index in [9.17, 15) is 4.79 Å². The summed E-state index contributed by atoms with van der Waals surface area (Å²) in [4.78, 5) is 13.6. The van der Waals surface area contributed by atoms with E-state index in [1.165, 1.54) is 6.42 Å². The summed E-state index contributed by atoms with van der Waals surface area (Å²) in [5.41, 5.74) is 5.54. The lowest BCUT2D eigenvalue weighted by atomic mass is 10.00. The van der Waals surface area contributed by atoms with Gasteiger partial charge in [-0.3, -0.25) is 0 Å². The van der Waals surface area contributed by atoms with Gasteiger partial charge in [0, 0.05) is 12.6 Å². The van der Waals surface area contributed by atoms with Crippen molar-refractivity contribution in [2.75, 3.05) is 13.1 Å². The van der Waals surface area contributed by atoms with Crippen molar-refractivity contribution in [2.45, 2.75) is 51.7 Å². The van der Waals surface area contributed by atoms with Gasteiger partial charge in [-0.05, 0) is 46.1 Å². The average Bonchev–Trinajstić information content (AvgIpc) is 2.18. The molecule has 0 bridgehead atoms. The van der Waals surface area contributed by atoms with Gasteiger partial charge in [0.25, 0.3) is 0 Å². The molecule has 1 fully saturated rings. The Balaban J connectivity index is 2.51. The molecule has 0 aromatic rings. The maximum Gasteiger partial charge on any atom is 0.410 e. The molecule has 0 aliphatic carbocycles. The molecule has 0 spiro atoms. The van der Waals surface area contributed by atoms with Gasteiger partial charge in [0.1, 0.15) is 0 Å². The number of ether oxygens (including phenoxy) is 1. The first-order valence-electron chi connectivity index (χ1n) is 5.82. The molecule has 0 radical (unpaired) electrons. The van der Waals surface area contributed by atoms with Crippen LogP contribution in [0.5, 0.6) is 0 Å². The molecular weight excluding hydrogens is 192 g/mol. The molecule has 1 unspecified atom stereocenters. The van der Waals surface area contributed by atoms with Crippen LogP contribution in [0, 0.1) is 0 Å². The summed E-state index contributed by atoms with van der Waals surface area (Å²) in [5, 5.41) is 0. The number of likely N-dealkylation sites (tertiary alicyclic amines) is 1. The van der Waals surface area contributed by atoms with Crippen molar-refractivity contribution in [3.63, 3.8) is 0 Å². The van der Waals surface area contributed by atoms with Gasteiger partial charge < -0.3 is 15.4 Å². The fourth-order valence-corrected chi connectivity index (χ4v) is 2.00. The molecule has 1 atom stereocenters. The number of rotatable bonds is 3. The van der Waals surface area contributed by atoms with Gasteiger partial charge in [-0.15, -0.1) is 0 Å². The predicted octanol–water partition coefficient (Wildman–Crippen LogP) is 1.73. The van der Waals surface area contributed by atoms with Gasteiger partial charge in [-0.1, -0.05) is 0 Å². The zero-order valence-electron chi connectivity index (χ0n) is 9.74. The van der Waals surface area contributed by atoms with E-state index < -0.39 is 0 Å². The number of hydrogen-bond acceptors (Lipinski definition) is 3. The summed E-state index contributed by atoms with van der Waals surface area (Å²) in [5.74, 6) is 0. The third kappa shape index (κ3) is 3.70. The van der Waals surface area contributed by atoms with E-state index in [4.69, 9.17) is 10.5 Å². The van der Waals surface area contributed by atoms with Gasteiger partial charge in [0.2, 0.25) is 0 Å². The smallest absolute Gasteiger partial charge is 0.410 e. The number of carbonyl (C=O) groups is 1. The molecule has 4 heteroatoms. The topological polar surface area (TPSA) is 55.6 Å². The van der Waals surface area contributed by atoms with E-state index >= 15 is 0 Å². The fourth-order valence-electron chi connectivity index (χ4n) is 2.00. The van der Waals surface area contributed by atoms with Crippen molar-refractivity contribution in [3.05, 3.63) is 0 Å². The first-order chi connectivity index (χ1) is 7.15. The molecule has 1 rings (SSSR count). The Morgan fingerprint density at radius 2 is 2.27 bits per heavy atom. The van der Waals surface area contributed by atoms with Crippen LogP contribution in [0.15, 0.2) is 0 Å². The second-order valence-electron chi connectivity index (χ2n) is 4.35. The molecule has 0 saturated carbocycles. The summed E-state index contributed by atoms with van der Waals surface area (Å²) in [6, 6.07) is 0.287. The molecule has 1 heterocycles. The number of piperidine rings is 1. The largest absolute Gasteiger partial charge is 0.447 e. The summed E-state index contributed by atoms with van der Waals surface area (Å²) < 4.78 is 5.21. The van der Waals surface area contributed by atoms with E-state index in [2.05, 4.69) is 0 Å². The molecule has 15 heavy (non-hydrogen) atoms. The monoisotopic (exact) mass is 214 g/mol. The molecular formula is C11H22N2O2. The Labute approximate surface area is 91.8 Å². The van der Waals surface area contributed by atoms with Crippen LogP contribution in [-0.2, 0) is 4.74 Å². The third-order valence-electron chi connectivity index (χ3n) is 2.70. The van der Waals surface area contributed by atoms with E-state index in [0.717, 1.165) is 25.8 Å². The second-order valence-corrected chi connectivity index (χ2v) is 4.35. The predicted molar refractivity (Wildman–Crippen MR) is 59.6 cm³/mol. The van der Waals surface area contributed by atoms with Crippen LogP contribution >= 0.6 is 0 Å². The SMILES string of the molecule is CC(C)OC(=O)N1CCCCC1CCN. The molecule has 1 saturated heterocycles.